The Morgan fingerprint density at radius 2 is 1.89 bits per heavy atom. The number of pyridine rings is 1. The van der Waals surface area contributed by atoms with Crippen molar-refractivity contribution in [2.24, 2.45) is 0 Å². The zero-order chi connectivity index (χ0) is 19.6. The summed E-state index contributed by atoms with van der Waals surface area (Å²) in [6, 6.07) is 8.91. The van der Waals surface area contributed by atoms with Crippen LogP contribution in [0.3, 0.4) is 0 Å². The molecule has 2 rings (SSSR count). The van der Waals surface area contributed by atoms with Crippen LogP contribution in [0.25, 0.3) is 0 Å². The number of aromatic nitrogens is 1. The van der Waals surface area contributed by atoms with Gasteiger partial charge in [-0.2, -0.15) is 0 Å². The first-order chi connectivity index (χ1) is 12.9. The van der Waals surface area contributed by atoms with Crippen LogP contribution in [0.1, 0.15) is 0 Å². The summed E-state index contributed by atoms with van der Waals surface area (Å²) in [4.78, 5) is 27.7. The number of carbonyl (C=O) groups excluding carboxylic acids is 2. The first kappa shape index (κ1) is 21.8. The Hall–Kier alpha value is -1.48. The fraction of sp³-hybridized carbons (Fsp3) is 0.235. The molecule has 0 fully saturated rings. The molecule has 0 saturated carbocycles. The van der Waals surface area contributed by atoms with Gasteiger partial charge in [0.05, 0.1) is 21.6 Å². The van der Waals surface area contributed by atoms with E-state index in [0.29, 0.717) is 34.6 Å². The van der Waals surface area contributed by atoms with Gasteiger partial charge in [0.2, 0.25) is 11.8 Å². The molecule has 6 nitrogen and oxygen atoms in total. The van der Waals surface area contributed by atoms with Crippen LogP contribution in [0.15, 0.2) is 41.0 Å². The summed E-state index contributed by atoms with van der Waals surface area (Å²) in [7, 11) is 0. The van der Waals surface area contributed by atoms with Gasteiger partial charge in [-0.15, -0.1) is 11.8 Å². The summed E-state index contributed by atoms with van der Waals surface area (Å²) in [6.45, 7) is 0.873. The van der Waals surface area contributed by atoms with Gasteiger partial charge in [0.25, 0.3) is 0 Å². The van der Waals surface area contributed by atoms with E-state index < -0.39 is 0 Å². The second kappa shape index (κ2) is 11.4. The summed E-state index contributed by atoms with van der Waals surface area (Å²) in [5.41, 5.74) is 0.708. The lowest BCUT2D eigenvalue weighted by Crippen LogP contribution is -2.30. The number of rotatable bonds is 9. The van der Waals surface area contributed by atoms with Crippen LogP contribution >= 0.6 is 50.9 Å². The molecule has 0 spiro atoms. The quantitative estimate of drug-likeness (QED) is 0.461. The van der Waals surface area contributed by atoms with Crippen molar-refractivity contribution >= 4 is 74.2 Å². The highest BCUT2D eigenvalue weighted by Crippen LogP contribution is 2.22. The van der Waals surface area contributed by atoms with Crippen LogP contribution < -0.4 is 16.0 Å². The topological polar surface area (TPSA) is 83.1 Å². The minimum absolute atomic E-state index is 0.146. The lowest BCUT2D eigenvalue weighted by atomic mass is 10.3. The Morgan fingerprint density at radius 3 is 2.63 bits per heavy atom. The van der Waals surface area contributed by atoms with E-state index in [1.54, 1.807) is 12.1 Å². The molecule has 0 aliphatic heterocycles. The molecule has 2 amide bonds. The maximum Gasteiger partial charge on any atom is 0.234 e. The molecule has 3 N–H and O–H groups in total. The van der Waals surface area contributed by atoms with E-state index in [1.807, 2.05) is 18.2 Å². The van der Waals surface area contributed by atoms with Crippen LogP contribution in [0.2, 0.25) is 10.0 Å². The van der Waals surface area contributed by atoms with Crippen LogP contribution in [0.5, 0.6) is 0 Å². The number of amides is 2. The molecule has 0 aliphatic rings. The fourth-order valence-corrected chi connectivity index (χ4v) is 3.47. The second-order valence-corrected chi connectivity index (χ2v) is 8.06. The van der Waals surface area contributed by atoms with Crippen molar-refractivity contribution in [1.82, 2.24) is 10.3 Å². The normalized spacial score (nSPS) is 10.3. The zero-order valence-corrected chi connectivity index (χ0v) is 18.0. The van der Waals surface area contributed by atoms with Crippen molar-refractivity contribution in [2.75, 3.05) is 35.2 Å². The van der Waals surface area contributed by atoms with E-state index in [9.17, 15) is 9.59 Å². The van der Waals surface area contributed by atoms with Gasteiger partial charge in [0.1, 0.15) is 5.82 Å². The van der Waals surface area contributed by atoms with Crippen molar-refractivity contribution in [3.63, 3.8) is 0 Å². The van der Waals surface area contributed by atoms with E-state index in [-0.39, 0.29) is 23.3 Å². The Morgan fingerprint density at radius 1 is 1.11 bits per heavy atom. The first-order valence-electron chi connectivity index (χ1n) is 7.89. The maximum atomic E-state index is 11.9. The molecule has 10 heteroatoms. The molecule has 1 aromatic carbocycles. The predicted molar refractivity (Wildman–Crippen MR) is 116 cm³/mol. The SMILES string of the molecule is O=C(CSCC(=O)Nc1cccc(Br)c1)NCCNc1ncc(Cl)cc1Cl. The molecule has 0 atom stereocenters. The van der Waals surface area contributed by atoms with Crippen molar-refractivity contribution in [1.29, 1.82) is 0 Å². The lowest BCUT2D eigenvalue weighted by molar-refractivity contribution is -0.118. The Labute approximate surface area is 179 Å². The molecule has 0 aliphatic carbocycles. The number of nitrogens with one attached hydrogen (secondary N) is 3. The zero-order valence-electron chi connectivity index (χ0n) is 14.1. The number of hydrogen-bond donors (Lipinski definition) is 3. The average Bonchev–Trinajstić information content (AvgIpc) is 2.60. The van der Waals surface area contributed by atoms with Gasteiger partial charge in [-0.1, -0.05) is 45.2 Å². The number of halogens is 3. The third kappa shape index (κ3) is 8.38. The predicted octanol–water partition coefficient (Wildman–Crippen LogP) is 4.05. The molecule has 27 heavy (non-hydrogen) atoms. The van der Waals surface area contributed by atoms with Gasteiger partial charge in [-0.25, -0.2) is 4.98 Å². The molecule has 0 saturated heterocycles. The highest BCUT2D eigenvalue weighted by Gasteiger charge is 2.07. The summed E-state index contributed by atoms with van der Waals surface area (Å²) in [5, 5.41) is 9.42. The second-order valence-electron chi connectivity index (χ2n) is 5.31. The summed E-state index contributed by atoms with van der Waals surface area (Å²) in [6.07, 6.45) is 1.49. The van der Waals surface area contributed by atoms with E-state index in [1.165, 1.54) is 18.0 Å². The van der Waals surface area contributed by atoms with Crippen molar-refractivity contribution in [2.45, 2.75) is 0 Å². The van der Waals surface area contributed by atoms with Crippen LogP contribution in [0, 0.1) is 0 Å². The number of anilines is 2. The third-order valence-electron chi connectivity index (χ3n) is 3.12. The molecular formula is C17H17BrCl2N4O2S. The maximum absolute atomic E-state index is 11.9. The summed E-state index contributed by atoms with van der Waals surface area (Å²) < 4.78 is 0.885. The first-order valence-corrected chi connectivity index (χ1v) is 10.6. The average molecular weight is 492 g/mol. The number of nitrogens with zero attached hydrogens (tertiary/aromatic N) is 1. The smallest absolute Gasteiger partial charge is 0.234 e. The van der Waals surface area contributed by atoms with E-state index >= 15 is 0 Å². The molecule has 1 heterocycles. The number of benzene rings is 1. The highest BCUT2D eigenvalue weighted by molar-refractivity contribution is 9.10. The van der Waals surface area contributed by atoms with Crippen LogP contribution in [-0.4, -0.2) is 41.4 Å². The lowest BCUT2D eigenvalue weighted by Gasteiger charge is -2.09. The Bertz CT molecular complexity index is 810. The minimum atomic E-state index is -0.156. The number of carbonyl (C=O) groups is 2. The van der Waals surface area contributed by atoms with Gasteiger partial charge in [-0.05, 0) is 24.3 Å². The van der Waals surface area contributed by atoms with Crippen molar-refractivity contribution < 1.29 is 9.59 Å². The van der Waals surface area contributed by atoms with Crippen molar-refractivity contribution in [3.8, 4) is 0 Å². The van der Waals surface area contributed by atoms with E-state index in [0.717, 1.165) is 4.47 Å². The van der Waals surface area contributed by atoms with Gasteiger partial charge in [-0.3, -0.25) is 9.59 Å². The molecule has 1 aromatic heterocycles. The van der Waals surface area contributed by atoms with Gasteiger partial charge in [0.15, 0.2) is 0 Å². The van der Waals surface area contributed by atoms with E-state index in [4.69, 9.17) is 23.2 Å². The largest absolute Gasteiger partial charge is 0.367 e. The fourth-order valence-electron chi connectivity index (χ4n) is 1.98. The Balaban J connectivity index is 1.58. The molecule has 144 valence electrons. The minimum Gasteiger partial charge on any atom is -0.367 e. The summed E-state index contributed by atoms with van der Waals surface area (Å²) >= 11 is 16.4. The number of hydrogen-bond acceptors (Lipinski definition) is 5. The van der Waals surface area contributed by atoms with Gasteiger partial charge in [0, 0.05) is 29.4 Å². The summed E-state index contributed by atoms with van der Waals surface area (Å²) in [5.74, 6) is 0.603. The highest BCUT2D eigenvalue weighted by atomic mass is 79.9. The standard InChI is InChI=1S/C17H17BrCl2N4O2S/c18-11-2-1-3-13(6-11)24-16(26)10-27-9-15(25)21-4-5-22-17-14(20)7-12(19)8-23-17/h1-3,6-8H,4-5,9-10H2,(H,21,25)(H,22,23)(H,24,26). The molecular weight excluding hydrogens is 475 g/mol. The van der Waals surface area contributed by atoms with Gasteiger partial charge >= 0.3 is 0 Å². The van der Waals surface area contributed by atoms with E-state index in [2.05, 4.69) is 36.9 Å². The van der Waals surface area contributed by atoms with Crippen LogP contribution in [0.4, 0.5) is 11.5 Å². The van der Waals surface area contributed by atoms with Crippen LogP contribution in [-0.2, 0) is 9.59 Å². The van der Waals surface area contributed by atoms with Crippen molar-refractivity contribution in [3.05, 3.63) is 51.0 Å². The van der Waals surface area contributed by atoms with Gasteiger partial charge < -0.3 is 16.0 Å². The third-order valence-corrected chi connectivity index (χ3v) is 5.04. The molecule has 2 aromatic rings. The molecule has 0 unspecified atom stereocenters. The Kier molecular flexibility index (Phi) is 9.20. The molecule has 0 radical (unpaired) electrons. The monoisotopic (exact) mass is 490 g/mol. The number of thioether (sulfide) groups is 1. The molecule has 0 bridgehead atoms.